The molecule has 0 atom stereocenters. The molecule has 0 unspecified atom stereocenters. The third kappa shape index (κ3) is 2.43. The minimum atomic E-state index is -0.233. The molecule has 0 aliphatic carbocycles. The van der Waals surface area contributed by atoms with Gasteiger partial charge in [0.15, 0.2) is 0 Å². The molecule has 6 heteroatoms. The van der Waals surface area contributed by atoms with Gasteiger partial charge in [-0.2, -0.15) is 0 Å². The summed E-state index contributed by atoms with van der Waals surface area (Å²) in [6.07, 6.45) is 3.29. The number of nitrogens with zero attached hydrogens (tertiary/aromatic N) is 2. The van der Waals surface area contributed by atoms with Gasteiger partial charge in [-0.05, 0) is 18.2 Å². The average molecular weight is 239 g/mol. The van der Waals surface area contributed by atoms with Crippen LogP contribution in [0.5, 0.6) is 5.75 Å². The van der Waals surface area contributed by atoms with Crippen molar-refractivity contribution in [3.05, 3.63) is 35.6 Å². The van der Waals surface area contributed by atoms with E-state index in [-0.39, 0.29) is 6.29 Å². The zero-order chi connectivity index (χ0) is 11.4. The lowest BCUT2D eigenvalue weighted by Gasteiger charge is -2.06. The van der Waals surface area contributed by atoms with E-state index in [1.165, 1.54) is 0 Å². The quantitative estimate of drug-likeness (QED) is 0.795. The predicted molar refractivity (Wildman–Crippen MR) is 61.7 cm³/mol. The van der Waals surface area contributed by atoms with E-state index in [4.69, 9.17) is 16.3 Å². The highest BCUT2D eigenvalue weighted by Crippen LogP contribution is 2.30. The van der Waals surface area contributed by atoms with E-state index >= 15 is 0 Å². The highest BCUT2D eigenvalue weighted by molar-refractivity contribution is 6.30. The van der Waals surface area contributed by atoms with Crippen LogP contribution in [0.4, 0.5) is 5.69 Å². The van der Waals surface area contributed by atoms with Gasteiger partial charge in [-0.25, -0.2) is 0 Å². The van der Waals surface area contributed by atoms with Gasteiger partial charge in [0.05, 0.1) is 7.11 Å². The fourth-order valence-corrected chi connectivity index (χ4v) is 1.42. The van der Waals surface area contributed by atoms with E-state index in [0.29, 0.717) is 16.5 Å². The number of hydrogen-bond acceptors (Lipinski definition) is 5. The summed E-state index contributed by atoms with van der Waals surface area (Å²) in [6, 6.07) is 5.20. The van der Waals surface area contributed by atoms with Crippen LogP contribution in [0.3, 0.4) is 0 Å². The third-order valence-electron chi connectivity index (χ3n) is 2.01. The van der Waals surface area contributed by atoms with Crippen LogP contribution >= 0.6 is 11.6 Å². The highest BCUT2D eigenvalue weighted by atomic mass is 35.5. The highest BCUT2D eigenvalue weighted by Gasteiger charge is 2.06. The first-order valence-electron chi connectivity index (χ1n) is 4.71. The summed E-state index contributed by atoms with van der Waals surface area (Å²) in [5.74, 6) is 0.638. The first kappa shape index (κ1) is 10.8. The second-order valence-electron chi connectivity index (χ2n) is 3.10. The Labute approximate surface area is 98.2 Å². The molecule has 0 saturated carbocycles. The molecular formula is C10H11ClN4O. The van der Waals surface area contributed by atoms with E-state index in [2.05, 4.69) is 20.9 Å². The van der Waals surface area contributed by atoms with Crippen LogP contribution in [-0.2, 0) is 0 Å². The summed E-state index contributed by atoms with van der Waals surface area (Å²) in [5.41, 5.74) is 0.602. The van der Waals surface area contributed by atoms with E-state index in [1.807, 2.05) is 0 Å². The molecule has 1 heterocycles. The van der Waals surface area contributed by atoms with Gasteiger partial charge in [-0.1, -0.05) is 11.6 Å². The van der Waals surface area contributed by atoms with Gasteiger partial charge in [-0.15, -0.1) is 10.2 Å². The first-order valence-corrected chi connectivity index (χ1v) is 5.09. The SMILES string of the molecule is COc1ccc(Cl)cc1N=NC1NC=CN1. The fraction of sp³-hybridized carbons (Fsp3) is 0.200. The average Bonchev–Trinajstić information content (AvgIpc) is 2.79. The van der Waals surface area contributed by atoms with Gasteiger partial charge in [0.25, 0.3) is 0 Å². The molecule has 16 heavy (non-hydrogen) atoms. The van der Waals surface area contributed by atoms with Crippen molar-refractivity contribution in [3.63, 3.8) is 0 Å². The lowest BCUT2D eigenvalue weighted by molar-refractivity contribution is 0.415. The number of methoxy groups -OCH3 is 1. The smallest absolute Gasteiger partial charge is 0.213 e. The monoisotopic (exact) mass is 238 g/mol. The van der Waals surface area contributed by atoms with Gasteiger partial charge in [0, 0.05) is 17.4 Å². The molecule has 2 rings (SSSR count). The summed E-state index contributed by atoms with van der Waals surface area (Å²) in [4.78, 5) is 0. The van der Waals surface area contributed by atoms with Gasteiger partial charge in [0.1, 0.15) is 11.4 Å². The number of nitrogens with one attached hydrogen (secondary N) is 2. The molecule has 0 fully saturated rings. The van der Waals surface area contributed by atoms with Gasteiger partial charge in [-0.3, -0.25) is 0 Å². The van der Waals surface area contributed by atoms with Crippen molar-refractivity contribution in [2.24, 2.45) is 10.2 Å². The Hall–Kier alpha value is -1.75. The Morgan fingerprint density at radius 2 is 2.06 bits per heavy atom. The lowest BCUT2D eigenvalue weighted by Crippen LogP contribution is -2.27. The molecule has 0 spiro atoms. The van der Waals surface area contributed by atoms with E-state index in [9.17, 15) is 0 Å². The van der Waals surface area contributed by atoms with Gasteiger partial charge in [0.2, 0.25) is 6.29 Å². The minimum absolute atomic E-state index is 0.233. The summed E-state index contributed by atoms with van der Waals surface area (Å²) < 4.78 is 5.15. The van der Waals surface area contributed by atoms with E-state index in [1.54, 1.807) is 37.7 Å². The number of azo groups is 1. The lowest BCUT2D eigenvalue weighted by atomic mass is 10.3. The van der Waals surface area contributed by atoms with Gasteiger partial charge >= 0.3 is 0 Å². The summed E-state index contributed by atoms with van der Waals surface area (Å²) in [7, 11) is 1.58. The Kier molecular flexibility index (Phi) is 3.26. The molecule has 1 aliphatic rings. The van der Waals surface area contributed by atoms with Crippen molar-refractivity contribution in [2.45, 2.75) is 6.29 Å². The second kappa shape index (κ2) is 4.85. The Bertz CT molecular complexity index is 425. The maximum absolute atomic E-state index is 5.87. The number of hydrogen-bond donors (Lipinski definition) is 2. The predicted octanol–water partition coefficient (Wildman–Crippen LogP) is 2.38. The maximum Gasteiger partial charge on any atom is 0.213 e. The number of ether oxygens (including phenoxy) is 1. The zero-order valence-electron chi connectivity index (χ0n) is 8.64. The molecule has 2 N–H and O–H groups in total. The standard InChI is InChI=1S/C10H11ClN4O/c1-16-9-3-2-7(11)6-8(9)14-15-10-12-4-5-13-10/h2-6,10,12-13H,1H3. The molecule has 0 aromatic heterocycles. The largest absolute Gasteiger partial charge is 0.494 e. The second-order valence-corrected chi connectivity index (χ2v) is 3.54. The molecule has 0 bridgehead atoms. The first-order chi connectivity index (χ1) is 7.79. The molecule has 1 aromatic carbocycles. The van der Waals surface area contributed by atoms with Crippen LogP contribution < -0.4 is 15.4 Å². The van der Waals surface area contributed by atoms with E-state index < -0.39 is 0 Å². The molecule has 1 aromatic rings. The van der Waals surface area contributed by atoms with Crippen molar-refractivity contribution < 1.29 is 4.74 Å². The van der Waals surface area contributed by atoms with Crippen molar-refractivity contribution in [1.82, 2.24) is 10.6 Å². The molecular weight excluding hydrogens is 228 g/mol. The van der Waals surface area contributed by atoms with Crippen molar-refractivity contribution in [1.29, 1.82) is 0 Å². The van der Waals surface area contributed by atoms with Crippen molar-refractivity contribution >= 4 is 17.3 Å². The fourth-order valence-electron chi connectivity index (χ4n) is 1.25. The number of halogens is 1. The topological polar surface area (TPSA) is 58.0 Å². The molecule has 5 nitrogen and oxygen atoms in total. The third-order valence-corrected chi connectivity index (χ3v) is 2.25. The van der Waals surface area contributed by atoms with Crippen molar-refractivity contribution in [3.8, 4) is 5.75 Å². The Morgan fingerprint density at radius 3 is 2.75 bits per heavy atom. The van der Waals surface area contributed by atoms with Crippen LogP contribution in [0.1, 0.15) is 0 Å². The normalized spacial score (nSPS) is 15.1. The molecule has 0 saturated heterocycles. The van der Waals surface area contributed by atoms with Crippen molar-refractivity contribution in [2.75, 3.05) is 7.11 Å². The van der Waals surface area contributed by atoms with Gasteiger partial charge < -0.3 is 15.4 Å². The van der Waals surface area contributed by atoms with Crippen LogP contribution in [0.15, 0.2) is 40.8 Å². The molecule has 0 amide bonds. The van der Waals surface area contributed by atoms with Crippen LogP contribution in [0.2, 0.25) is 5.02 Å². The van der Waals surface area contributed by atoms with E-state index in [0.717, 1.165) is 0 Å². The Balaban J connectivity index is 2.15. The summed E-state index contributed by atoms with van der Waals surface area (Å²) in [5, 5.41) is 14.6. The zero-order valence-corrected chi connectivity index (χ0v) is 9.40. The number of benzene rings is 1. The maximum atomic E-state index is 5.87. The summed E-state index contributed by atoms with van der Waals surface area (Å²) in [6.45, 7) is 0. The Morgan fingerprint density at radius 1 is 1.31 bits per heavy atom. The molecule has 1 aliphatic heterocycles. The van der Waals surface area contributed by atoms with Crippen LogP contribution in [0, 0.1) is 0 Å². The summed E-state index contributed by atoms with van der Waals surface area (Å²) >= 11 is 5.87. The minimum Gasteiger partial charge on any atom is -0.494 e. The van der Waals surface area contributed by atoms with Crippen LogP contribution in [-0.4, -0.2) is 13.4 Å². The molecule has 0 radical (unpaired) electrons. The van der Waals surface area contributed by atoms with Crippen LogP contribution in [0.25, 0.3) is 0 Å². The molecule has 84 valence electrons. The number of rotatable bonds is 3.